The number of amides is 2. The SMILES string of the molecule is CCCCCCCCCCCCCCOc1ccc(COC(=O)N(Cc2cccc[n+]2C)C(C)=O)cc1OC. The molecule has 7 nitrogen and oxygen atoms in total. The Morgan fingerprint density at radius 1 is 0.846 bits per heavy atom. The predicted octanol–water partition coefficient (Wildman–Crippen LogP) is 7.28. The number of nitrogens with zero attached hydrogens (tertiary/aromatic N) is 2. The van der Waals surface area contributed by atoms with Crippen molar-refractivity contribution >= 4 is 12.0 Å². The van der Waals surface area contributed by atoms with Gasteiger partial charge in [0.05, 0.1) is 13.7 Å². The zero-order valence-electron chi connectivity index (χ0n) is 24.6. The molecule has 0 saturated heterocycles. The maximum absolute atomic E-state index is 12.7. The van der Waals surface area contributed by atoms with Crippen LogP contribution in [0.1, 0.15) is 102 Å². The lowest BCUT2D eigenvalue weighted by molar-refractivity contribution is -0.679. The van der Waals surface area contributed by atoms with Gasteiger partial charge in [0.15, 0.2) is 17.7 Å². The number of ether oxygens (including phenoxy) is 3. The number of aryl methyl sites for hydroxylation is 1. The van der Waals surface area contributed by atoms with Crippen LogP contribution in [0.25, 0.3) is 0 Å². The summed E-state index contributed by atoms with van der Waals surface area (Å²) in [6.45, 7) is 4.43. The summed E-state index contributed by atoms with van der Waals surface area (Å²) in [5, 5.41) is 0. The van der Waals surface area contributed by atoms with E-state index < -0.39 is 6.09 Å². The fourth-order valence-corrected chi connectivity index (χ4v) is 4.46. The molecule has 0 radical (unpaired) electrons. The first-order chi connectivity index (χ1) is 19.0. The van der Waals surface area contributed by atoms with Gasteiger partial charge in [0.1, 0.15) is 20.2 Å². The van der Waals surface area contributed by atoms with Gasteiger partial charge in [-0.15, -0.1) is 0 Å². The van der Waals surface area contributed by atoms with Crippen molar-refractivity contribution < 1.29 is 28.4 Å². The monoisotopic (exact) mass is 541 g/mol. The molecule has 0 spiro atoms. The van der Waals surface area contributed by atoms with Gasteiger partial charge in [0.2, 0.25) is 11.6 Å². The molecule has 1 heterocycles. The van der Waals surface area contributed by atoms with Gasteiger partial charge in [-0.3, -0.25) is 4.79 Å². The highest BCUT2D eigenvalue weighted by atomic mass is 16.6. The Kier molecular flexibility index (Phi) is 15.7. The smallest absolute Gasteiger partial charge is 0.417 e. The lowest BCUT2D eigenvalue weighted by Gasteiger charge is -2.18. The van der Waals surface area contributed by atoms with E-state index in [1.165, 1.54) is 77.6 Å². The zero-order valence-corrected chi connectivity index (χ0v) is 24.6. The molecule has 2 amide bonds. The van der Waals surface area contributed by atoms with Crippen LogP contribution >= 0.6 is 0 Å². The molecule has 39 heavy (non-hydrogen) atoms. The molecule has 0 saturated carbocycles. The predicted molar refractivity (Wildman–Crippen MR) is 154 cm³/mol. The summed E-state index contributed by atoms with van der Waals surface area (Å²) in [5.41, 5.74) is 1.58. The van der Waals surface area contributed by atoms with Crippen LogP contribution in [-0.2, 0) is 29.7 Å². The highest BCUT2D eigenvalue weighted by Crippen LogP contribution is 2.29. The number of hydrogen-bond acceptors (Lipinski definition) is 5. The molecule has 216 valence electrons. The van der Waals surface area contributed by atoms with Crippen LogP contribution in [0.4, 0.5) is 4.79 Å². The molecular formula is C32H49N2O5+. The highest BCUT2D eigenvalue weighted by molar-refractivity contribution is 5.90. The van der Waals surface area contributed by atoms with Crippen molar-refractivity contribution in [2.75, 3.05) is 13.7 Å². The molecule has 0 unspecified atom stereocenters. The Bertz CT molecular complexity index is 994. The number of carbonyl (C=O) groups is 2. The first kappa shape index (κ1) is 32.1. The van der Waals surface area contributed by atoms with Gasteiger partial charge in [0, 0.05) is 19.1 Å². The van der Waals surface area contributed by atoms with Crippen LogP contribution in [0.3, 0.4) is 0 Å². The second-order valence-corrected chi connectivity index (χ2v) is 10.2. The first-order valence-corrected chi connectivity index (χ1v) is 14.6. The molecule has 1 aromatic heterocycles. The average Bonchev–Trinajstić information content (AvgIpc) is 2.93. The van der Waals surface area contributed by atoms with Crippen LogP contribution < -0.4 is 14.0 Å². The van der Waals surface area contributed by atoms with E-state index >= 15 is 0 Å². The number of methoxy groups -OCH3 is 1. The standard InChI is InChI=1S/C32H49N2O5/c1-5-6-7-8-9-10-11-12-13-14-15-18-23-38-30-21-20-28(24-31(30)37-4)26-39-32(36)34(27(2)35)25-29-19-16-17-22-33(29)3/h16-17,19-22,24H,5-15,18,23,25-26H2,1-4H3/q+1. The Labute approximate surface area is 235 Å². The van der Waals surface area contributed by atoms with Crippen molar-refractivity contribution in [2.45, 2.75) is 104 Å². The van der Waals surface area contributed by atoms with Gasteiger partial charge in [-0.2, -0.15) is 0 Å². The average molecular weight is 542 g/mol. The van der Waals surface area contributed by atoms with E-state index in [9.17, 15) is 9.59 Å². The third-order valence-electron chi connectivity index (χ3n) is 6.93. The van der Waals surface area contributed by atoms with E-state index in [4.69, 9.17) is 14.2 Å². The Morgan fingerprint density at radius 2 is 1.49 bits per heavy atom. The second kappa shape index (κ2) is 19.0. The normalized spacial score (nSPS) is 10.8. The van der Waals surface area contributed by atoms with Crippen LogP contribution in [0.5, 0.6) is 11.5 Å². The summed E-state index contributed by atoms with van der Waals surface area (Å²) < 4.78 is 18.8. The van der Waals surface area contributed by atoms with E-state index in [1.54, 1.807) is 13.2 Å². The van der Waals surface area contributed by atoms with Crippen molar-refractivity contribution in [3.8, 4) is 11.5 Å². The Hall–Kier alpha value is -3.09. The molecule has 0 N–H and O–H groups in total. The zero-order chi connectivity index (χ0) is 28.3. The van der Waals surface area contributed by atoms with E-state index in [-0.39, 0.29) is 19.1 Å². The molecule has 7 heteroatoms. The fraction of sp³-hybridized carbons (Fsp3) is 0.594. The van der Waals surface area contributed by atoms with Crippen LogP contribution in [0.15, 0.2) is 42.6 Å². The fourth-order valence-electron chi connectivity index (χ4n) is 4.46. The lowest BCUT2D eigenvalue weighted by Crippen LogP contribution is -2.41. The van der Waals surface area contributed by atoms with Gasteiger partial charge >= 0.3 is 6.09 Å². The van der Waals surface area contributed by atoms with E-state index in [0.717, 1.165) is 22.6 Å². The molecule has 2 aromatic rings. The molecule has 1 aromatic carbocycles. The number of benzene rings is 1. The maximum atomic E-state index is 12.7. The van der Waals surface area contributed by atoms with Crippen molar-refractivity contribution in [1.82, 2.24) is 4.90 Å². The molecule has 0 aliphatic carbocycles. The van der Waals surface area contributed by atoms with Gasteiger partial charge in [-0.1, -0.05) is 89.7 Å². The van der Waals surface area contributed by atoms with Gasteiger partial charge in [-0.05, 0) is 24.1 Å². The van der Waals surface area contributed by atoms with Crippen LogP contribution in [0, 0.1) is 0 Å². The molecule has 0 atom stereocenters. The van der Waals surface area contributed by atoms with Crippen LogP contribution in [0.2, 0.25) is 0 Å². The lowest BCUT2D eigenvalue weighted by atomic mass is 10.1. The molecule has 0 aliphatic heterocycles. The number of rotatable bonds is 19. The van der Waals surface area contributed by atoms with E-state index in [1.807, 2.05) is 48.1 Å². The third kappa shape index (κ3) is 12.5. The topological polar surface area (TPSA) is 69.0 Å². The maximum Gasteiger partial charge on any atom is 0.417 e. The minimum absolute atomic E-state index is 0.0267. The second-order valence-electron chi connectivity index (χ2n) is 10.2. The minimum Gasteiger partial charge on any atom is -0.493 e. The summed E-state index contributed by atoms with van der Waals surface area (Å²) in [4.78, 5) is 25.9. The summed E-state index contributed by atoms with van der Waals surface area (Å²) in [6, 6.07) is 11.1. The number of unbranched alkanes of at least 4 members (excludes halogenated alkanes) is 11. The van der Waals surface area contributed by atoms with Crippen molar-refractivity contribution in [3.63, 3.8) is 0 Å². The number of pyridine rings is 1. The summed E-state index contributed by atoms with van der Waals surface area (Å²) >= 11 is 0. The van der Waals surface area contributed by atoms with Crippen LogP contribution in [-0.4, -0.2) is 30.6 Å². The highest BCUT2D eigenvalue weighted by Gasteiger charge is 2.23. The summed E-state index contributed by atoms with van der Waals surface area (Å²) in [5.74, 6) is 0.905. The molecule has 0 bridgehead atoms. The van der Waals surface area contributed by atoms with Gasteiger partial charge in [-0.25, -0.2) is 14.3 Å². The quantitative estimate of drug-likeness (QED) is 0.138. The number of hydrogen-bond donors (Lipinski definition) is 0. The van der Waals surface area contributed by atoms with E-state index in [2.05, 4.69) is 6.92 Å². The summed E-state index contributed by atoms with van der Waals surface area (Å²) in [7, 11) is 3.46. The number of imide groups is 1. The summed E-state index contributed by atoms with van der Waals surface area (Å²) in [6.07, 6.45) is 16.9. The first-order valence-electron chi connectivity index (χ1n) is 14.6. The van der Waals surface area contributed by atoms with Gasteiger partial charge < -0.3 is 14.2 Å². The molecule has 0 fully saturated rings. The Morgan fingerprint density at radius 3 is 2.08 bits per heavy atom. The van der Waals surface area contributed by atoms with Crippen molar-refractivity contribution in [1.29, 1.82) is 0 Å². The number of carbonyl (C=O) groups excluding carboxylic acids is 2. The molecule has 0 aliphatic rings. The third-order valence-corrected chi connectivity index (χ3v) is 6.93. The van der Waals surface area contributed by atoms with Crippen molar-refractivity contribution in [3.05, 3.63) is 53.9 Å². The largest absolute Gasteiger partial charge is 0.493 e. The minimum atomic E-state index is -0.683. The van der Waals surface area contributed by atoms with Gasteiger partial charge in [0.25, 0.3) is 0 Å². The van der Waals surface area contributed by atoms with E-state index in [0.29, 0.717) is 18.1 Å². The number of aromatic nitrogens is 1. The van der Waals surface area contributed by atoms with Crippen molar-refractivity contribution in [2.24, 2.45) is 7.05 Å². The Balaban J connectivity index is 1.69. The molecule has 2 rings (SSSR count). The molecular weight excluding hydrogens is 492 g/mol.